The molecule has 18 heavy (non-hydrogen) atoms. The van der Waals surface area contributed by atoms with Gasteiger partial charge in [-0.25, -0.2) is 0 Å². The molecule has 0 aromatic heterocycles. The Bertz CT molecular complexity index is 487. The number of aryl methyl sites for hydroxylation is 1. The molecule has 0 saturated heterocycles. The maximum atomic E-state index is 12.1. The molecule has 0 spiro atoms. The number of hydrogen-bond acceptors (Lipinski definition) is 2. The van der Waals surface area contributed by atoms with Crippen LogP contribution in [0.3, 0.4) is 0 Å². The Morgan fingerprint density at radius 2 is 2.17 bits per heavy atom. The molecule has 2 aliphatic carbocycles. The van der Waals surface area contributed by atoms with Gasteiger partial charge in [-0.15, -0.1) is 0 Å². The standard InChI is InChI=1S/C15H19NO2/c1-10-2-5-13(17)12(8-10)14(18)16-9-15(6-7-15)11-3-4-11/h2,5,8,11,17H,3-4,6-7,9H2,1H3,(H,16,18). The van der Waals surface area contributed by atoms with Crippen molar-refractivity contribution in [1.82, 2.24) is 5.32 Å². The molecule has 0 aliphatic heterocycles. The van der Waals surface area contributed by atoms with Crippen LogP contribution in [0.1, 0.15) is 41.6 Å². The second-order valence-corrected chi connectivity index (χ2v) is 5.84. The van der Waals surface area contributed by atoms with Crippen LogP contribution in [-0.4, -0.2) is 17.6 Å². The molecule has 0 radical (unpaired) electrons. The van der Waals surface area contributed by atoms with Crippen LogP contribution in [0.5, 0.6) is 5.75 Å². The molecule has 3 nitrogen and oxygen atoms in total. The highest BCUT2D eigenvalue weighted by Crippen LogP contribution is 2.60. The minimum absolute atomic E-state index is 0.0642. The van der Waals surface area contributed by atoms with Crippen molar-refractivity contribution < 1.29 is 9.90 Å². The van der Waals surface area contributed by atoms with E-state index in [0.29, 0.717) is 11.0 Å². The molecule has 2 fully saturated rings. The minimum atomic E-state index is -0.150. The molecule has 1 aromatic carbocycles. The number of amides is 1. The smallest absolute Gasteiger partial charge is 0.255 e. The van der Waals surface area contributed by atoms with Gasteiger partial charge in [-0.2, -0.15) is 0 Å². The molecule has 1 aromatic rings. The lowest BCUT2D eigenvalue weighted by molar-refractivity contribution is 0.0940. The van der Waals surface area contributed by atoms with Gasteiger partial charge in [-0.1, -0.05) is 11.6 Å². The van der Waals surface area contributed by atoms with E-state index in [1.54, 1.807) is 18.2 Å². The average molecular weight is 245 g/mol. The van der Waals surface area contributed by atoms with Crippen LogP contribution in [-0.2, 0) is 0 Å². The SMILES string of the molecule is Cc1ccc(O)c(C(=O)NCC2(C3CC3)CC2)c1. The number of carbonyl (C=O) groups is 1. The van der Waals surface area contributed by atoms with Crippen molar-refractivity contribution in [3.63, 3.8) is 0 Å². The van der Waals surface area contributed by atoms with Crippen LogP contribution in [0, 0.1) is 18.3 Å². The third kappa shape index (κ3) is 2.09. The molecular formula is C15H19NO2. The first-order valence-electron chi connectivity index (χ1n) is 6.69. The van der Waals surface area contributed by atoms with Gasteiger partial charge in [0.1, 0.15) is 5.75 Å². The maximum Gasteiger partial charge on any atom is 0.255 e. The average Bonchev–Trinajstić information content (AvgIpc) is 3.21. The Labute approximate surface area is 107 Å². The van der Waals surface area contributed by atoms with E-state index in [-0.39, 0.29) is 11.7 Å². The monoisotopic (exact) mass is 245 g/mol. The number of nitrogens with one attached hydrogen (secondary N) is 1. The zero-order valence-electron chi connectivity index (χ0n) is 10.7. The van der Waals surface area contributed by atoms with Crippen molar-refractivity contribution in [2.24, 2.45) is 11.3 Å². The van der Waals surface area contributed by atoms with Crippen LogP contribution in [0.2, 0.25) is 0 Å². The van der Waals surface area contributed by atoms with Crippen LogP contribution in [0.4, 0.5) is 0 Å². The van der Waals surface area contributed by atoms with Crippen molar-refractivity contribution in [2.75, 3.05) is 6.54 Å². The van der Waals surface area contributed by atoms with Crippen LogP contribution >= 0.6 is 0 Å². The van der Waals surface area contributed by atoms with Gasteiger partial charge >= 0.3 is 0 Å². The van der Waals surface area contributed by atoms with E-state index in [4.69, 9.17) is 0 Å². The summed E-state index contributed by atoms with van der Waals surface area (Å²) in [5, 5.41) is 12.7. The van der Waals surface area contributed by atoms with Gasteiger partial charge in [0.15, 0.2) is 0 Å². The van der Waals surface area contributed by atoms with Gasteiger partial charge in [-0.05, 0) is 56.1 Å². The molecule has 0 atom stereocenters. The number of benzene rings is 1. The van der Waals surface area contributed by atoms with E-state index >= 15 is 0 Å². The molecule has 2 N–H and O–H groups in total. The fraction of sp³-hybridized carbons (Fsp3) is 0.533. The summed E-state index contributed by atoms with van der Waals surface area (Å²) < 4.78 is 0. The molecule has 0 unspecified atom stereocenters. The van der Waals surface area contributed by atoms with E-state index in [1.807, 2.05) is 6.92 Å². The largest absolute Gasteiger partial charge is 0.507 e. The van der Waals surface area contributed by atoms with Gasteiger partial charge in [0, 0.05) is 6.54 Å². The van der Waals surface area contributed by atoms with E-state index in [2.05, 4.69) is 5.32 Å². The van der Waals surface area contributed by atoms with Gasteiger partial charge in [0.05, 0.1) is 5.56 Å². The summed E-state index contributed by atoms with van der Waals surface area (Å²) in [6.07, 6.45) is 5.15. The minimum Gasteiger partial charge on any atom is -0.507 e. The maximum absolute atomic E-state index is 12.1. The summed E-state index contributed by atoms with van der Waals surface area (Å²) in [6, 6.07) is 5.12. The van der Waals surface area contributed by atoms with Gasteiger partial charge in [0.25, 0.3) is 5.91 Å². The lowest BCUT2D eigenvalue weighted by Gasteiger charge is -2.15. The van der Waals surface area contributed by atoms with Crippen molar-refractivity contribution in [3.05, 3.63) is 29.3 Å². The molecule has 2 saturated carbocycles. The molecule has 3 rings (SSSR count). The van der Waals surface area contributed by atoms with E-state index < -0.39 is 0 Å². The quantitative estimate of drug-likeness (QED) is 0.856. The summed E-state index contributed by atoms with van der Waals surface area (Å²) in [6.45, 7) is 2.69. The summed E-state index contributed by atoms with van der Waals surface area (Å²) in [5.41, 5.74) is 1.78. The third-order valence-electron chi connectivity index (χ3n) is 4.33. The first-order chi connectivity index (χ1) is 8.61. The molecular weight excluding hydrogens is 226 g/mol. The molecule has 2 aliphatic rings. The number of phenolic OH excluding ortho intramolecular Hbond substituents is 1. The molecule has 3 heteroatoms. The summed E-state index contributed by atoms with van der Waals surface area (Å²) >= 11 is 0. The Balaban J connectivity index is 1.65. The summed E-state index contributed by atoms with van der Waals surface area (Å²) in [5.74, 6) is 0.751. The van der Waals surface area contributed by atoms with E-state index in [0.717, 1.165) is 18.0 Å². The zero-order valence-corrected chi connectivity index (χ0v) is 10.7. The van der Waals surface area contributed by atoms with Crippen LogP contribution in [0.15, 0.2) is 18.2 Å². The highest BCUT2D eigenvalue weighted by molar-refractivity contribution is 5.97. The highest BCUT2D eigenvalue weighted by atomic mass is 16.3. The Morgan fingerprint density at radius 1 is 1.44 bits per heavy atom. The topological polar surface area (TPSA) is 49.3 Å². The molecule has 0 bridgehead atoms. The Kier molecular flexibility index (Phi) is 2.58. The second-order valence-electron chi connectivity index (χ2n) is 5.84. The predicted molar refractivity (Wildman–Crippen MR) is 69.6 cm³/mol. The van der Waals surface area contributed by atoms with Gasteiger partial charge in [-0.3, -0.25) is 4.79 Å². The van der Waals surface area contributed by atoms with Gasteiger partial charge in [0.2, 0.25) is 0 Å². The molecule has 0 heterocycles. The fourth-order valence-corrected chi connectivity index (χ4v) is 2.77. The normalized spacial score (nSPS) is 20.5. The number of phenols is 1. The zero-order chi connectivity index (χ0) is 12.8. The Morgan fingerprint density at radius 3 is 2.78 bits per heavy atom. The first-order valence-corrected chi connectivity index (χ1v) is 6.69. The number of carbonyl (C=O) groups excluding carboxylic acids is 1. The highest BCUT2D eigenvalue weighted by Gasteiger charge is 2.53. The first kappa shape index (κ1) is 11.6. The predicted octanol–water partition coefficient (Wildman–Crippen LogP) is 2.62. The van der Waals surface area contributed by atoms with Crippen LogP contribution in [0.25, 0.3) is 0 Å². The molecule has 96 valence electrons. The van der Waals surface area contributed by atoms with Crippen molar-refractivity contribution >= 4 is 5.91 Å². The summed E-state index contributed by atoms with van der Waals surface area (Å²) in [4.78, 5) is 12.1. The Hall–Kier alpha value is -1.51. The van der Waals surface area contributed by atoms with Crippen molar-refractivity contribution in [3.8, 4) is 5.75 Å². The van der Waals surface area contributed by atoms with E-state index in [9.17, 15) is 9.90 Å². The lowest BCUT2D eigenvalue weighted by atomic mass is 10.0. The third-order valence-corrected chi connectivity index (χ3v) is 4.33. The number of rotatable bonds is 4. The van der Waals surface area contributed by atoms with Crippen LogP contribution < -0.4 is 5.32 Å². The van der Waals surface area contributed by atoms with Crippen molar-refractivity contribution in [1.29, 1.82) is 0 Å². The second kappa shape index (κ2) is 4.01. The number of hydrogen-bond donors (Lipinski definition) is 2. The van der Waals surface area contributed by atoms with E-state index in [1.165, 1.54) is 25.7 Å². The van der Waals surface area contributed by atoms with Gasteiger partial charge < -0.3 is 10.4 Å². The number of aromatic hydroxyl groups is 1. The fourth-order valence-electron chi connectivity index (χ4n) is 2.77. The van der Waals surface area contributed by atoms with Crippen molar-refractivity contribution in [2.45, 2.75) is 32.6 Å². The molecule has 1 amide bonds. The lowest BCUT2D eigenvalue weighted by Crippen LogP contribution is -2.31. The summed E-state index contributed by atoms with van der Waals surface area (Å²) in [7, 11) is 0.